The summed E-state index contributed by atoms with van der Waals surface area (Å²) < 4.78 is 7.73. The van der Waals surface area contributed by atoms with Crippen LogP contribution in [0.4, 0.5) is 0 Å². The number of halogens is 1. The predicted molar refractivity (Wildman–Crippen MR) is 89.5 cm³/mol. The van der Waals surface area contributed by atoms with Gasteiger partial charge >= 0.3 is 0 Å². The number of nitrogens with zero attached hydrogens (tertiary/aromatic N) is 2. The van der Waals surface area contributed by atoms with Crippen molar-refractivity contribution in [3.63, 3.8) is 0 Å². The number of alkyl halides is 1. The molecule has 4 heteroatoms. The Kier molecular flexibility index (Phi) is 5.51. The largest absolute Gasteiger partial charge is 0.497 e. The molecular formula is C17H25ClN2O. The second-order valence-electron chi connectivity index (χ2n) is 5.51. The summed E-state index contributed by atoms with van der Waals surface area (Å²) in [6.45, 7) is 6.80. The van der Waals surface area contributed by atoms with E-state index in [0.29, 0.717) is 17.8 Å². The van der Waals surface area contributed by atoms with Crippen molar-refractivity contribution in [3.05, 3.63) is 24.0 Å². The molecule has 0 aliphatic rings. The van der Waals surface area contributed by atoms with E-state index in [-0.39, 0.29) is 0 Å². The predicted octanol–water partition coefficient (Wildman–Crippen LogP) is 4.82. The zero-order valence-corrected chi connectivity index (χ0v) is 14.2. The maximum atomic E-state index is 5.97. The minimum absolute atomic E-state index is 0.412. The van der Waals surface area contributed by atoms with Crippen LogP contribution in [-0.2, 0) is 6.42 Å². The first-order chi connectivity index (χ1) is 10.2. The van der Waals surface area contributed by atoms with Gasteiger partial charge in [0.2, 0.25) is 0 Å². The first-order valence-corrected chi connectivity index (χ1v) is 8.30. The third-order valence-corrected chi connectivity index (χ3v) is 4.62. The summed E-state index contributed by atoms with van der Waals surface area (Å²) in [5.74, 6) is 3.18. The van der Waals surface area contributed by atoms with Crippen molar-refractivity contribution in [2.45, 2.75) is 46.1 Å². The van der Waals surface area contributed by atoms with Gasteiger partial charge in [0, 0.05) is 24.4 Å². The van der Waals surface area contributed by atoms with Crippen LogP contribution in [0, 0.1) is 5.92 Å². The molecule has 1 aromatic heterocycles. The Morgan fingerprint density at radius 3 is 2.57 bits per heavy atom. The fourth-order valence-electron chi connectivity index (χ4n) is 3.15. The van der Waals surface area contributed by atoms with Crippen molar-refractivity contribution >= 4 is 22.6 Å². The molecule has 2 aromatic rings. The lowest BCUT2D eigenvalue weighted by Crippen LogP contribution is -2.18. The average molecular weight is 309 g/mol. The number of imidazole rings is 1. The van der Waals surface area contributed by atoms with Crippen molar-refractivity contribution < 1.29 is 4.74 Å². The van der Waals surface area contributed by atoms with Crippen molar-refractivity contribution in [2.75, 3.05) is 13.0 Å². The normalized spacial score (nSPS) is 13.0. The Balaban J connectivity index is 2.58. The number of rotatable bonds is 7. The highest BCUT2D eigenvalue weighted by atomic mass is 35.5. The van der Waals surface area contributed by atoms with E-state index in [4.69, 9.17) is 21.3 Å². The number of benzene rings is 1. The molecule has 0 radical (unpaired) electrons. The van der Waals surface area contributed by atoms with Crippen LogP contribution in [0.5, 0.6) is 5.75 Å². The number of aryl methyl sites for hydroxylation is 1. The summed E-state index contributed by atoms with van der Waals surface area (Å²) in [6.07, 6.45) is 3.13. The monoisotopic (exact) mass is 308 g/mol. The topological polar surface area (TPSA) is 27.1 Å². The molecule has 0 saturated carbocycles. The second kappa shape index (κ2) is 7.17. The lowest BCUT2D eigenvalue weighted by Gasteiger charge is -2.25. The maximum Gasteiger partial charge on any atom is 0.121 e. The summed E-state index contributed by atoms with van der Waals surface area (Å²) in [7, 11) is 1.70. The van der Waals surface area contributed by atoms with Gasteiger partial charge < -0.3 is 9.30 Å². The van der Waals surface area contributed by atoms with Gasteiger partial charge in [-0.3, -0.25) is 0 Å². The Morgan fingerprint density at radius 1 is 1.29 bits per heavy atom. The van der Waals surface area contributed by atoms with Crippen molar-refractivity contribution in [1.29, 1.82) is 0 Å². The van der Waals surface area contributed by atoms with Crippen LogP contribution in [0.3, 0.4) is 0 Å². The van der Waals surface area contributed by atoms with Gasteiger partial charge in [0.1, 0.15) is 11.6 Å². The highest BCUT2D eigenvalue weighted by Gasteiger charge is 2.21. The molecular weight excluding hydrogens is 284 g/mol. The lowest BCUT2D eigenvalue weighted by atomic mass is 9.95. The van der Waals surface area contributed by atoms with Crippen LogP contribution < -0.4 is 4.74 Å². The Bertz CT molecular complexity index is 590. The standard InChI is InChI=1S/C17H25ClN2O/c1-5-13(6-2)12(3)20-16-11-14(21-4)7-8-15(16)19-17(20)9-10-18/h7-8,11-13H,5-6,9-10H2,1-4H3. The van der Waals surface area contributed by atoms with E-state index in [1.165, 1.54) is 12.8 Å². The van der Waals surface area contributed by atoms with Crippen LogP contribution in [0.1, 0.15) is 45.5 Å². The molecule has 0 amide bonds. The third kappa shape index (κ3) is 3.18. The Labute approximate surface area is 132 Å². The first-order valence-electron chi connectivity index (χ1n) is 7.77. The summed E-state index contributed by atoms with van der Waals surface area (Å²) in [6, 6.07) is 6.49. The van der Waals surface area contributed by atoms with E-state index in [9.17, 15) is 0 Å². The fraction of sp³-hybridized carbons (Fsp3) is 0.588. The molecule has 0 bridgehead atoms. The number of methoxy groups -OCH3 is 1. The number of ether oxygens (including phenoxy) is 1. The molecule has 1 unspecified atom stereocenters. The van der Waals surface area contributed by atoms with Crippen LogP contribution >= 0.6 is 11.6 Å². The van der Waals surface area contributed by atoms with E-state index in [1.54, 1.807) is 7.11 Å². The van der Waals surface area contributed by atoms with E-state index in [1.807, 2.05) is 12.1 Å². The highest BCUT2D eigenvalue weighted by molar-refractivity contribution is 6.17. The number of hydrogen-bond donors (Lipinski definition) is 0. The fourth-order valence-corrected chi connectivity index (χ4v) is 3.32. The van der Waals surface area contributed by atoms with Gasteiger partial charge in [-0.25, -0.2) is 4.98 Å². The molecule has 0 N–H and O–H groups in total. The molecule has 0 saturated heterocycles. The minimum atomic E-state index is 0.412. The Morgan fingerprint density at radius 2 is 2.00 bits per heavy atom. The quantitative estimate of drug-likeness (QED) is 0.685. The zero-order chi connectivity index (χ0) is 15.4. The lowest BCUT2D eigenvalue weighted by molar-refractivity contribution is 0.333. The number of fused-ring (bicyclic) bond motifs is 1. The SMILES string of the molecule is CCC(CC)C(C)n1c(CCCl)nc2ccc(OC)cc21. The van der Waals surface area contributed by atoms with Crippen LogP contribution in [0.15, 0.2) is 18.2 Å². The second-order valence-corrected chi connectivity index (χ2v) is 5.89. The summed E-state index contributed by atoms with van der Waals surface area (Å²) in [4.78, 5) is 4.77. The molecule has 0 spiro atoms. The summed E-state index contributed by atoms with van der Waals surface area (Å²) >= 11 is 5.97. The Hall–Kier alpha value is -1.22. The zero-order valence-electron chi connectivity index (χ0n) is 13.4. The molecule has 0 fully saturated rings. The van der Waals surface area contributed by atoms with E-state index in [0.717, 1.165) is 29.0 Å². The van der Waals surface area contributed by atoms with Crippen molar-refractivity contribution in [1.82, 2.24) is 9.55 Å². The molecule has 1 atom stereocenters. The molecule has 2 rings (SSSR count). The molecule has 0 aliphatic carbocycles. The smallest absolute Gasteiger partial charge is 0.121 e. The molecule has 116 valence electrons. The maximum absolute atomic E-state index is 5.97. The van der Waals surface area contributed by atoms with Gasteiger partial charge in [-0.2, -0.15) is 0 Å². The third-order valence-electron chi connectivity index (χ3n) is 4.43. The van der Waals surface area contributed by atoms with Crippen LogP contribution in [0.2, 0.25) is 0 Å². The molecule has 3 nitrogen and oxygen atoms in total. The summed E-state index contributed by atoms with van der Waals surface area (Å²) in [5.41, 5.74) is 2.17. The highest BCUT2D eigenvalue weighted by Crippen LogP contribution is 2.31. The van der Waals surface area contributed by atoms with E-state index >= 15 is 0 Å². The van der Waals surface area contributed by atoms with Gasteiger partial charge in [-0.1, -0.05) is 26.7 Å². The van der Waals surface area contributed by atoms with Gasteiger partial charge in [0.05, 0.1) is 18.1 Å². The van der Waals surface area contributed by atoms with Crippen LogP contribution in [0.25, 0.3) is 11.0 Å². The first kappa shape index (κ1) is 16.2. The van der Waals surface area contributed by atoms with Gasteiger partial charge in [-0.05, 0) is 25.0 Å². The van der Waals surface area contributed by atoms with E-state index < -0.39 is 0 Å². The summed E-state index contributed by atoms with van der Waals surface area (Å²) in [5, 5.41) is 0. The van der Waals surface area contributed by atoms with Crippen LogP contribution in [-0.4, -0.2) is 22.5 Å². The molecule has 1 aromatic carbocycles. The van der Waals surface area contributed by atoms with Gasteiger partial charge in [-0.15, -0.1) is 11.6 Å². The van der Waals surface area contributed by atoms with Gasteiger partial charge in [0.25, 0.3) is 0 Å². The van der Waals surface area contributed by atoms with Crippen molar-refractivity contribution in [3.8, 4) is 5.75 Å². The minimum Gasteiger partial charge on any atom is -0.497 e. The molecule has 1 heterocycles. The van der Waals surface area contributed by atoms with Gasteiger partial charge in [0.15, 0.2) is 0 Å². The molecule has 0 aliphatic heterocycles. The molecule has 21 heavy (non-hydrogen) atoms. The average Bonchev–Trinajstić information content (AvgIpc) is 2.85. The number of hydrogen-bond acceptors (Lipinski definition) is 2. The number of aromatic nitrogens is 2. The van der Waals surface area contributed by atoms with Crippen molar-refractivity contribution in [2.24, 2.45) is 5.92 Å². The van der Waals surface area contributed by atoms with E-state index in [2.05, 4.69) is 31.4 Å².